The second-order valence-corrected chi connectivity index (χ2v) is 9.91. The summed E-state index contributed by atoms with van der Waals surface area (Å²) in [5, 5.41) is 2.51. The fourth-order valence-electron chi connectivity index (χ4n) is 3.50. The average Bonchev–Trinajstić information content (AvgIpc) is 2.95. The Hall–Kier alpha value is -2.99. The van der Waals surface area contributed by atoms with Crippen LogP contribution >= 0.6 is 0 Å². The molecule has 0 aromatic heterocycles. The summed E-state index contributed by atoms with van der Waals surface area (Å²) in [6, 6.07) is 4.85. The summed E-state index contributed by atoms with van der Waals surface area (Å²) in [7, 11) is -3.81. The number of urea groups is 1. The maximum Gasteiger partial charge on any atom is 0.338 e. The molecule has 1 N–H and O–H groups in total. The van der Waals surface area contributed by atoms with Crippen molar-refractivity contribution in [1.29, 1.82) is 0 Å². The van der Waals surface area contributed by atoms with Gasteiger partial charge in [0, 0.05) is 26.2 Å². The standard InChI is InChI=1S/C20H26N4O7S/c1-4-31-17(26)14-5-7-15(8-6-14)32(29,30)23-11-9-22(10-12-23)16(25)13-24-18(27)20(2,3)21-19(24)28/h5-8H,4,9-13H2,1-3H3,(H,21,28). The molecule has 2 aliphatic rings. The molecule has 0 unspecified atom stereocenters. The van der Waals surface area contributed by atoms with Crippen LogP contribution in [0.15, 0.2) is 29.2 Å². The highest BCUT2D eigenvalue weighted by Gasteiger charge is 2.45. The van der Waals surface area contributed by atoms with Crippen molar-refractivity contribution in [2.24, 2.45) is 0 Å². The van der Waals surface area contributed by atoms with Crippen LogP contribution in [0.1, 0.15) is 31.1 Å². The van der Waals surface area contributed by atoms with Gasteiger partial charge in [-0.25, -0.2) is 18.0 Å². The number of carbonyl (C=O) groups excluding carboxylic acids is 4. The third kappa shape index (κ3) is 4.60. The number of nitrogens with zero attached hydrogens (tertiary/aromatic N) is 3. The highest BCUT2D eigenvalue weighted by atomic mass is 32.2. The van der Waals surface area contributed by atoms with Crippen molar-refractivity contribution < 1.29 is 32.3 Å². The van der Waals surface area contributed by atoms with Crippen molar-refractivity contribution in [3.8, 4) is 0 Å². The summed E-state index contributed by atoms with van der Waals surface area (Å²) in [5.41, 5.74) is -0.808. The smallest absolute Gasteiger partial charge is 0.338 e. The Labute approximate surface area is 186 Å². The van der Waals surface area contributed by atoms with Gasteiger partial charge in [-0.2, -0.15) is 4.31 Å². The number of sulfonamides is 1. The second kappa shape index (κ2) is 8.87. The summed E-state index contributed by atoms with van der Waals surface area (Å²) in [6.45, 7) is 5.02. The number of piperazine rings is 1. The summed E-state index contributed by atoms with van der Waals surface area (Å²) >= 11 is 0. The van der Waals surface area contributed by atoms with Gasteiger partial charge in [-0.15, -0.1) is 0 Å². The molecule has 3 rings (SSSR count). The van der Waals surface area contributed by atoms with E-state index in [0.29, 0.717) is 0 Å². The molecule has 1 aromatic carbocycles. The number of carbonyl (C=O) groups is 4. The molecular weight excluding hydrogens is 440 g/mol. The second-order valence-electron chi connectivity index (χ2n) is 7.98. The molecule has 1 aromatic rings. The first-order valence-electron chi connectivity index (χ1n) is 10.2. The molecule has 12 heteroatoms. The van der Waals surface area contributed by atoms with E-state index in [1.54, 1.807) is 20.8 Å². The monoisotopic (exact) mass is 466 g/mol. The lowest BCUT2D eigenvalue weighted by atomic mass is 10.1. The Balaban J connectivity index is 1.60. The summed E-state index contributed by atoms with van der Waals surface area (Å²) in [5.74, 6) is -1.44. The maximum atomic E-state index is 12.9. The van der Waals surface area contributed by atoms with Crippen molar-refractivity contribution in [1.82, 2.24) is 19.4 Å². The number of hydrogen-bond acceptors (Lipinski definition) is 7. The van der Waals surface area contributed by atoms with E-state index >= 15 is 0 Å². The van der Waals surface area contributed by atoms with Crippen LogP contribution in [-0.2, 0) is 24.3 Å². The predicted molar refractivity (Wildman–Crippen MR) is 112 cm³/mol. The molecule has 0 aliphatic carbocycles. The van der Waals surface area contributed by atoms with E-state index in [1.165, 1.54) is 33.5 Å². The summed E-state index contributed by atoms with van der Waals surface area (Å²) < 4.78 is 32.0. The molecule has 4 amide bonds. The predicted octanol–water partition coefficient (Wildman–Crippen LogP) is 0.0266. The normalized spacial score (nSPS) is 19.1. The van der Waals surface area contributed by atoms with Crippen LogP contribution < -0.4 is 5.32 Å². The first-order valence-corrected chi connectivity index (χ1v) is 11.6. The minimum Gasteiger partial charge on any atom is -0.462 e. The van der Waals surface area contributed by atoms with E-state index in [-0.39, 0.29) is 43.2 Å². The van der Waals surface area contributed by atoms with Crippen molar-refractivity contribution >= 4 is 33.8 Å². The minimum absolute atomic E-state index is 0.0342. The molecule has 32 heavy (non-hydrogen) atoms. The van der Waals surface area contributed by atoms with E-state index in [2.05, 4.69) is 5.32 Å². The molecule has 174 valence electrons. The Morgan fingerprint density at radius 2 is 1.66 bits per heavy atom. The minimum atomic E-state index is -3.81. The average molecular weight is 467 g/mol. The van der Waals surface area contributed by atoms with Gasteiger partial charge in [-0.3, -0.25) is 14.5 Å². The highest BCUT2D eigenvalue weighted by Crippen LogP contribution is 2.20. The van der Waals surface area contributed by atoms with Gasteiger partial charge in [-0.1, -0.05) is 0 Å². The molecule has 2 saturated heterocycles. The third-order valence-electron chi connectivity index (χ3n) is 5.33. The van der Waals surface area contributed by atoms with Crippen molar-refractivity contribution in [3.05, 3.63) is 29.8 Å². The molecule has 2 heterocycles. The third-order valence-corrected chi connectivity index (χ3v) is 7.25. The number of rotatable bonds is 6. The molecule has 0 bridgehead atoms. The van der Waals surface area contributed by atoms with E-state index < -0.39 is 45.9 Å². The Morgan fingerprint density at radius 1 is 1.06 bits per heavy atom. The first kappa shape index (κ1) is 23.7. The zero-order valence-corrected chi connectivity index (χ0v) is 19.0. The van der Waals surface area contributed by atoms with Crippen molar-refractivity contribution in [3.63, 3.8) is 0 Å². The maximum absolute atomic E-state index is 12.9. The van der Waals surface area contributed by atoms with E-state index in [0.717, 1.165) is 4.90 Å². The fourth-order valence-corrected chi connectivity index (χ4v) is 4.92. The van der Waals surface area contributed by atoms with Crippen LogP contribution in [0.2, 0.25) is 0 Å². The van der Waals surface area contributed by atoms with Crippen molar-refractivity contribution in [2.45, 2.75) is 31.2 Å². The van der Waals surface area contributed by atoms with Gasteiger partial charge < -0.3 is 15.0 Å². The molecule has 2 aliphatic heterocycles. The van der Waals surface area contributed by atoms with Gasteiger partial charge in [-0.05, 0) is 45.0 Å². The molecular formula is C20H26N4O7S. The van der Waals surface area contributed by atoms with E-state index in [1.807, 2.05) is 0 Å². The zero-order chi connectivity index (χ0) is 23.7. The number of ether oxygens (including phenoxy) is 1. The van der Waals surface area contributed by atoms with Crippen LogP contribution in [0.25, 0.3) is 0 Å². The Morgan fingerprint density at radius 3 is 2.16 bits per heavy atom. The number of hydrogen-bond donors (Lipinski definition) is 1. The van der Waals surface area contributed by atoms with Gasteiger partial charge in [0.15, 0.2) is 0 Å². The van der Waals surface area contributed by atoms with Crippen LogP contribution in [-0.4, -0.2) is 91.2 Å². The van der Waals surface area contributed by atoms with Gasteiger partial charge in [0.05, 0.1) is 17.1 Å². The fraction of sp³-hybridized carbons (Fsp3) is 0.500. The first-order chi connectivity index (χ1) is 15.0. The largest absolute Gasteiger partial charge is 0.462 e. The van der Waals surface area contributed by atoms with Crippen LogP contribution in [0, 0.1) is 0 Å². The summed E-state index contributed by atoms with van der Waals surface area (Å²) in [6.07, 6.45) is 0. The van der Waals surface area contributed by atoms with Gasteiger partial charge in [0.2, 0.25) is 15.9 Å². The molecule has 2 fully saturated rings. The molecule has 11 nitrogen and oxygen atoms in total. The SMILES string of the molecule is CCOC(=O)c1ccc(S(=O)(=O)N2CCN(C(=O)CN3C(=O)NC(C)(C)C3=O)CC2)cc1. The van der Waals surface area contributed by atoms with Crippen LogP contribution in [0.5, 0.6) is 0 Å². The molecule has 0 radical (unpaired) electrons. The Bertz CT molecular complexity index is 1030. The number of esters is 1. The lowest BCUT2D eigenvalue weighted by Gasteiger charge is -2.34. The highest BCUT2D eigenvalue weighted by molar-refractivity contribution is 7.89. The van der Waals surface area contributed by atoms with Crippen LogP contribution in [0.4, 0.5) is 4.79 Å². The van der Waals surface area contributed by atoms with Gasteiger partial charge in [0.25, 0.3) is 5.91 Å². The number of amides is 4. The number of benzene rings is 1. The topological polar surface area (TPSA) is 133 Å². The number of nitrogens with one attached hydrogen (secondary N) is 1. The number of imide groups is 1. The lowest BCUT2D eigenvalue weighted by Crippen LogP contribution is -2.53. The molecule has 0 spiro atoms. The lowest BCUT2D eigenvalue weighted by molar-refractivity contribution is -0.139. The zero-order valence-electron chi connectivity index (χ0n) is 18.2. The molecule has 0 saturated carbocycles. The van der Waals surface area contributed by atoms with Gasteiger partial charge in [0.1, 0.15) is 12.1 Å². The molecule has 0 atom stereocenters. The Kier molecular flexibility index (Phi) is 6.56. The van der Waals surface area contributed by atoms with Crippen molar-refractivity contribution in [2.75, 3.05) is 39.3 Å². The van der Waals surface area contributed by atoms with E-state index in [9.17, 15) is 27.6 Å². The van der Waals surface area contributed by atoms with E-state index in [4.69, 9.17) is 4.74 Å². The van der Waals surface area contributed by atoms with Gasteiger partial charge >= 0.3 is 12.0 Å². The van der Waals surface area contributed by atoms with Crippen LogP contribution in [0.3, 0.4) is 0 Å². The quantitative estimate of drug-likeness (QED) is 0.462. The summed E-state index contributed by atoms with van der Waals surface area (Å²) in [4.78, 5) is 50.9.